The number of hydrogen-bond donors (Lipinski definition) is 1. The highest BCUT2D eigenvalue weighted by atomic mass is 16.5. The van der Waals surface area contributed by atoms with Crippen LogP contribution >= 0.6 is 0 Å². The van der Waals surface area contributed by atoms with E-state index in [0.717, 1.165) is 47.7 Å². The molecule has 0 atom stereocenters. The molecule has 2 aromatic carbocycles. The van der Waals surface area contributed by atoms with Gasteiger partial charge in [0.05, 0.1) is 34.1 Å². The van der Waals surface area contributed by atoms with Gasteiger partial charge in [0.1, 0.15) is 0 Å². The molecule has 7 heteroatoms. The maximum absolute atomic E-state index is 13.1. The normalized spacial score (nSPS) is 14.0. The molecule has 4 rings (SSSR count). The van der Waals surface area contributed by atoms with Crippen LogP contribution in [0.3, 0.4) is 0 Å². The van der Waals surface area contributed by atoms with Crippen molar-refractivity contribution in [3.63, 3.8) is 0 Å². The Morgan fingerprint density at radius 1 is 0.882 bits per heavy atom. The molecule has 180 valence electrons. The Hall–Kier alpha value is -3.48. The number of ether oxygens (including phenoxy) is 4. The second-order valence-electron chi connectivity index (χ2n) is 8.55. The van der Waals surface area contributed by atoms with E-state index in [1.807, 2.05) is 30.3 Å². The molecular weight excluding hydrogens is 432 g/mol. The Balaban J connectivity index is 1.74. The fourth-order valence-corrected chi connectivity index (χ4v) is 4.66. The first kappa shape index (κ1) is 23.7. The van der Waals surface area contributed by atoms with Gasteiger partial charge in [-0.25, -0.2) is 0 Å². The van der Waals surface area contributed by atoms with Crippen LogP contribution in [0.25, 0.3) is 10.8 Å². The second-order valence-corrected chi connectivity index (χ2v) is 8.55. The van der Waals surface area contributed by atoms with Gasteiger partial charge in [-0.15, -0.1) is 0 Å². The molecular formula is C27H32N2O5. The number of fused-ring (bicyclic) bond motifs is 1. The van der Waals surface area contributed by atoms with Crippen molar-refractivity contribution in [1.82, 2.24) is 4.98 Å². The summed E-state index contributed by atoms with van der Waals surface area (Å²) in [6.45, 7) is 0. The molecule has 1 amide bonds. The molecule has 1 aromatic heterocycles. The van der Waals surface area contributed by atoms with Gasteiger partial charge in [-0.2, -0.15) is 0 Å². The number of nitrogens with zero attached hydrogens (tertiary/aromatic N) is 1. The summed E-state index contributed by atoms with van der Waals surface area (Å²) in [5.41, 5.74) is 2.47. The molecule has 1 aliphatic rings. The maximum atomic E-state index is 13.1. The number of aromatic nitrogens is 1. The average Bonchev–Trinajstić information content (AvgIpc) is 2.89. The van der Waals surface area contributed by atoms with E-state index < -0.39 is 0 Å². The van der Waals surface area contributed by atoms with E-state index in [4.69, 9.17) is 18.9 Å². The third-order valence-electron chi connectivity index (χ3n) is 6.55. The molecule has 0 bridgehead atoms. The van der Waals surface area contributed by atoms with Crippen LogP contribution in [0.1, 0.15) is 43.4 Å². The molecule has 1 N–H and O–H groups in total. The first-order valence-corrected chi connectivity index (χ1v) is 11.6. The molecule has 0 saturated heterocycles. The van der Waals surface area contributed by atoms with Gasteiger partial charge in [0.2, 0.25) is 5.91 Å². The summed E-state index contributed by atoms with van der Waals surface area (Å²) < 4.78 is 22.0. The van der Waals surface area contributed by atoms with Crippen molar-refractivity contribution in [3.8, 4) is 23.0 Å². The van der Waals surface area contributed by atoms with E-state index in [0.29, 0.717) is 35.1 Å². The highest BCUT2D eigenvalue weighted by Gasteiger charge is 2.23. The lowest BCUT2D eigenvalue weighted by atomic mass is 9.88. The van der Waals surface area contributed by atoms with E-state index in [2.05, 4.69) is 10.3 Å². The van der Waals surface area contributed by atoms with Crippen molar-refractivity contribution in [2.75, 3.05) is 33.8 Å². The van der Waals surface area contributed by atoms with Gasteiger partial charge in [0.15, 0.2) is 23.0 Å². The summed E-state index contributed by atoms with van der Waals surface area (Å²) in [6, 6.07) is 9.58. The molecule has 1 fully saturated rings. The number of pyridine rings is 1. The smallest absolute Gasteiger partial charge is 0.227 e. The quantitative estimate of drug-likeness (QED) is 0.482. The van der Waals surface area contributed by atoms with Crippen LogP contribution in [0, 0.1) is 5.92 Å². The molecule has 1 heterocycles. The highest BCUT2D eigenvalue weighted by molar-refractivity contribution is 5.94. The maximum Gasteiger partial charge on any atom is 0.227 e. The van der Waals surface area contributed by atoms with Crippen LogP contribution in [0.2, 0.25) is 0 Å². The summed E-state index contributed by atoms with van der Waals surface area (Å²) in [5, 5.41) is 5.12. The summed E-state index contributed by atoms with van der Waals surface area (Å²) in [5.74, 6) is 2.59. The predicted octanol–water partition coefficient (Wildman–Crippen LogP) is 5.38. The second kappa shape index (κ2) is 10.6. The van der Waals surface area contributed by atoms with Crippen LogP contribution in [0.15, 0.2) is 36.5 Å². The zero-order valence-corrected chi connectivity index (χ0v) is 20.3. The molecule has 0 spiro atoms. The molecule has 0 radical (unpaired) electrons. The number of carbonyl (C=O) groups is 1. The van der Waals surface area contributed by atoms with E-state index in [-0.39, 0.29) is 11.8 Å². The minimum Gasteiger partial charge on any atom is -0.493 e. The van der Waals surface area contributed by atoms with Crippen molar-refractivity contribution in [3.05, 3.63) is 47.8 Å². The van der Waals surface area contributed by atoms with E-state index in [9.17, 15) is 4.79 Å². The minimum absolute atomic E-state index is 0.0436. The van der Waals surface area contributed by atoms with E-state index in [1.54, 1.807) is 34.6 Å². The van der Waals surface area contributed by atoms with Crippen LogP contribution in [0.4, 0.5) is 5.69 Å². The molecule has 34 heavy (non-hydrogen) atoms. The summed E-state index contributed by atoms with van der Waals surface area (Å²) in [7, 11) is 6.44. The fraction of sp³-hybridized carbons (Fsp3) is 0.407. The number of hydrogen-bond acceptors (Lipinski definition) is 6. The Morgan fingerprint density at radius 3 is 2.18 bits per heavy atom. The standard InChI is InChI=1S/C27H32N2O5/c1-31-23-13-18-10-11-28-22(20(18)15-25(23)33-3)12-19-14-24(32-2)26(34-4)16-21(19)29-27(30)17-8-6-5-7-9-17/h10-11,13-17H,5-9,12H2,1-4H3,(H,29,30). The predicted molar refractivity (Wildman–Crippen MR) is 132 cm³/mol. The largest absolute Gasteiger partial charge is 0.493 e. The number of anilines is 1. The fourth-order valence-electron chi connectivity index (χ4n) is 4.66. The zero-order valence-electron chi connectivity index (χ0n) is 20.3. The first-order valence-electron chi connectivity index (χ1n) is 11.6. The Kier molecular flexibility index (Phi) is 7.40. The molecule has 0 aliphatic heterocycles. The van der Waals surface area contributed by atoms with Gasteiger partial charge in [-0.1, -0.05) is 19.3 Å². The molecule has 1 saturated carbocycles. The molecule has 1 aliphatic carbocycles. The Labute approximate surface area is 200 Å². The van der Waals surface area contributed by atoms with Crippen molar-refractivity contribution in [2.45, 2.75) is 38.5 Å². The Morgan fingerprint density at radius 2 is 1.50 bits per heavy atom. The summed E-state index contributed by atoms with van der Waals surface area (Å²) in [6.07, 6.45) is 7.54. The van der Waals surface area contributed by atoms with Crippen molar-refractivity contribution in [2.24, 2.45) is 5.92 Å². The van der Waals surface area contributed by atoms with Crippen molar-refractivity contribution < 1.29 is 23.7 Å². The first-order chi connectivity index (χ1) is 16.6. The van der Waals surface area contributed by atoms with Crippen molar-refractivity contribution in [1.29, 1.82) is 0 Å². The summed E-state index contributed by atoms with van der Waals surface area (Å²) >= 11 is 0. The topological polar surface area (TPSA) is 78.9 Å². The lowest BCUT2D eigenvalue weighted by molar-refractivity contribution is -0.120. The van der Waals surface area contributed by atoms with Crippen LogP contribution in [0.5, 0.6) is 23.0 Å². The third-order valence-corrected chi connectivity index (χ3v) is 6.55. The van der Waals surface area contributed by atoms with Gasteiger partial charge in [0.25, 0.3) is 0 Å². The van der Waals surface area contributed by atoms with Gasteiger partial charge in [-0.05, 0) is 48.1 Å². The number of benzene rings is 2. The SMILES string of the molecule is COc1cc(Cc2nccc3cc(OC)c(OC)cc23)c(NC(=O)C2CCCCC2)cc1OC. The highest BCUT2D eigenvalue weighted by Crippen LogP contribution is 2.37. The number of carbonyl (C=O) groups excluding carboxylic acids is 1. The number of nitrogens with one attached hydrogen (secondary N) is 1. The van der Waals surface area contributed by atoms with Crippen LogP contribution < -0.4 is 24.3 Å². The van der Waals surface area contributed by atoms with Gasteiger partial charge in [0, 0.05) is 35.7 Å². The number of amides is 1. The lowest BCUT2D eigenvalue weighted by Gasteiger charge is -2.22. The lowest BCUT2D eigenvalue weighted by Crippen LogP contribution is -2.25. The monoisotopic (exact) mass is 464 g/mol. The van der Waals surface area contributed by atoms with Crippen molar-refractivity contribution >= 4 is 22.4 Å². The average molecular weight is 465 g/mol. The van der Waals surface area contributed by atoms with Gasteiger partial charge < -0.3 is 24.3 Å². The zero-order chi connectivity index (χ0) is 24.1. The van der Waals surface area contributed by atoms with E-state index in [1.165, 1.54) is 6.42 Å². The van der Waals surface area contributed by atoms with E-state index >= 15 is 0 Å². The van der Waals surface area contributed by atoms with Crippen LogP contribution in [-0.2, 0) is 11.2 Å². The number of rotatable bonds is 8. The van der Waals surface area contributed by atoms with Gasteiger partial charge in [-0.3, -0.25) is 9.78 Å². The molecule has 3 aromatic rings. The Bertz CT molecular complexity index is 1170. The third kappa shape index (κ3) is 4.88. The van der Waals surface area contributed by atoms with Crippen LogP contribution in [-0.4, -0.2) is 39.3 Å². The minimum atomic E-state index is 0.0436. The molecule has 0 unspecified atom stereocenters. The molecule has 7 nitrogen and oxygen atoms in total. The summed E-state index contributed by atoms with van der Waals surface area (Å²) in [4.78, 5) is 17.7. The van der Waals surface area contributed by atoms with Gasteiger partial charge >= 0.3 is 0 Å². The number of methoxy groups -OCH3 is 4.